The first-order chi connectivity index (χ1) is 9.60. The third kappa shape index (κ3) is 4.11. The average molecular weight is 357 g/mol. The summed E-state index contributed by atoms with van der Waals surface area (Å²) < 4.78 is 15.0. The van der Waals surface area contributed by atoms with Crippen molar-refractivity contribution in [3.05, 3.63) is 50.1 Å². The van der Waals surface area contributed by atoms with Gasteiger partial charge < -0.3 is 5.32 Å². The van der Waals surface area contributed by atoms with Gasteiger partial charge in [0.1, 0.15) is 5.82 Å². The molecule has 108 valence electrons. The molecule has 0 amide bonds. The zero-order valence-electron chi connectivity index (χ0n) is 11.6. The van der Waals surface area contributed by atoms with Crippen LogP contribution in [0, 0.1) is 12.7 Å². The fourth-order valence-corrected chi connectivity index (χ4v) is 3.11. The van der Waals surface area contributed by atoms with E-state index >= 15 is 0 Å². The lowest BCUT2D eigenvalue weighted by molar-refractivity contribution is 0.494. The second-order valence-electron chi connectivity index (χ2n) is 4.73. The Morgan fingerprint density at radius 3 is 2.90 bits per heavy atom. The topological polar surface area (TPSA) is 24.9 Å². The van der Waals surface area contributed by atoms with E-state index in [1.54, 1.807) is 17.4 Å². The molecule has 0 aliphatic heterocycles. The summed E-state index contributed by atoms with van der Waals surface area (Å²) >= 11 is 5.05. The van der Waals surface area contributed by atoms with Gasteiger partial charge in [-0.1, -0.05) is 22.9 Å². The van der Waals surface area contributed by atoms with E-state index in [9.17, 15) is 4.39 Å². The molecule has 1 N–H and O–H groups in total. The molecular weight excluding hydrogens is 339 g/mol. The summed E-state index contributed by atoms with van der Waals surface area (Å²) in [6, 6.07) is 5.03. The van der Waals surface area contributed by atoms with Crippen molar-refractivity contribution in [2.75, 3.05) is 6.54 Å². The van der Waals surface area contributed by atoms with Crippen LogP contribution >= 0.6 is 27.3 Å². The first-order valence-corrected chi connectivity index (χ1v) is 8.36. The van der Waals surface area contributed by atoms with E-state index in [1.165, 1.54) is 6.07 Å². The highest BCUT2D eigenvalue weighted by Gasteiger charge is 2.17. The minimum absolute atomic E-state index is 0.0473. The van der Waals surface area contributed by atoms with Gasteiger partial charge in [0.25, 0.3) is 0 Å². The number of aromatic nitrogens is 1. The minimum atomic E-state index is -0.172. The molecule has 5 heteroatoms. The van der Waals surface area contributed by atoms with Crippen LogP contribution in [0.2, 0.25) is 0 Å². The average Bonchev–Trinajstić information content (AvgIpc) is 2.83. The quantitative estimate of drug-likeness (QED) is 0.815. The maximum Gasteiger partial charge on any atom is 0.128 e. The molecule has 0 saturated heterocycles. The number of hydrogen-bond donors (Lipinski definition) is 1. The van der Waals surface area contributed by atoms with Gasteiger partial charge in [0.05, 0.1) is 10.7 Å². The van der Waals surface area contributed by atoms with Crippen molar-refractivity contribution < 1.29 is 4.39 Å². The van der Waals surface area contributed by atoms with Crippen LogP contribution in [0.3, 0.4) is 0 Å². The number of halogens is 2. The number of nitrogens with zero attached hydrogens (tertiary/aromatic N) is 1. The van der Waals surface area contributed by atoms with Gasteiger partial charge in [-0.15, -0.1) is 11.3 Å². The molecule has 1 atom stereocenters. The summed E-state index contributed by atoms with van der Waals surface area (Å²) in [5, 5.41) is 6.51. The zero-order valence-corrected chi connectivity index (χ0v) is 14.0. The third-order valence-corrected chi connectivity index (χ3v) is 4.37. The molecule has 1 aromatic heterocycles. The molecule has 20 heavy (non-hydrogen) atoms. The lowest BCUT2D eigenvalue weighted by atomic mass is 10.0. The first-order valence-electron chi connectivity index (χ1n) is 6.69. The molecule has 0 radical (unpaired) electrons. The van der Waals surface area contributed by atoms with Crippen molar-refractivity contribution in [1.29, 1.82) is 0 Å². The van der Waals surface area contributed by atoms with Gasteiger partial charge >= 0.3 is 0 Å². The Kier molecular flexibility index (Phi) is 5.69. The highest BCUT2D eigenvalue weighted by molar-refractivity contribution is 9.10. The van der Waals surface area contributed by atoms with Gasteiger partial charge in [-0.3, -0.25) is 0 Å². The molecule has 0 saturated carbocycles. The largest absolute Gasteiger partial charge is 0.310 e. The molecule has 2 rings (SSSR count). The van der Waals surface area contributed by atoms with Crippen molar-refractivity contribution >= 4 is 27.3 Å². The van der Waals surface area contributed by atoms with Gasteiger partial charge in [-0.05, 0) is 38.1 Å². The van der Waals surface area contributed by atoms with Gasteiger partial charge in [0.15, 0.2) is 0 Å². The molecule has 0 aliphatic carbocycles. The maximum absolute atomic E-state index is 14.1. The van der Waals surface area contributed by atoms with E-state index in [1.807, 2.05) is 18.4 Å². The maximum atomic E-state index is 14.1. The Bertz CT molecular complexity index is 571. The van der Waals surface area contributed by atoms with E-state index in [4.69, 9.17) is 0 Å². The Balaban J connectivity index is 2.24. The lowest BCUT2D eigenvalue weighted by Gasteiger charge is -2.19. The van der Waals surface area contributed by atoms with Crippen molar-refractivity contribution in [2.45, 2.75) is 32.7 Å². The number of rotatable bonds is 6. The molecule has 1 aromatic carbocycles. The summed E-state index contributed by atoms with van der Waals surface area (Å²) in [6.45, 7) is 4.95. The van der Waals surface area contributed by atoms with Crippen LogP contribution in [-0.2, 0) is 6.42 Å². The summed E-state index contributed by atoms with van der Waals surface area (Å²) in [5.74, 6) is -0.172. The van der Waals surface area contributed by atoms with E-state index in [-0.39, 0.29) is 11.9 Å². The molecular formula is C15H18BrFN2S. The van der Waals surface area contributed by atoms with Crippen LogP contribution in [0.15, 0.2) is 28.1 Å². The number of thiazole rings is 1. The zero-order chi connectivity index (χ0) is 14.5. The van der Waals surface area contributed by atoms with Crippen LogP contribution in [0.1, 0.15) is 35.7 Å². The number of benzene rings is 1. The van der Waals surface area contributed by atoms with Crippen molar-refractivity contribution in [3.63, 3.8) is 0 Å². The summed E-state index contributed by atoms with van der Waals surface area (Å²) in [5.41, 5.74) is 1.71. The highest BCUT2D eigenvalue weighted by atomic mass is 79.9. The van der Waals surface area contributed by atoms with E-state index in [0.717, 1.165) is 28.1 Å². The Hall–Kier alpha value is -0.780. The lowest BCUT2D eigenvalue weighted by Crippen LogP contribution is -2.25. The molecule has 1 unspecified atom stereocenters. The second kappa shape index (κ2) is 7.29. The Morgan fingerprint density at radius 2 is 2.25 bits per heavy atom. The summed E-state index contributed by atoms with van der Waals surface area (Å²) in [7, 11) is 0. The predicted octanol–water partition coefficient (Wildman–Crippen LogP) is 4.64. The molecule has 1 heterocycles. The number of hydrogen-bond acceptors (Lipinski definition) is 3. The van der Waals surface area contributed by atoms with Gasteiger partial charge in [-0.2, -0.15) is 0 Å². The molecule has 0 fully saturated rings. The molecule has 0 aliphatic rings. The molecule has 2 aromatic rings. The fourth-order valence-electron chi connectivity index (χ4n) is 2.10. The smallest absolute Gasteiger partial charge is 0.128 e. The monoisotopic (exact) mass is 356 g/mol. The number of nitrogens with one attached hydrogen (secondary N) is 1. The summed E-state index contributed by atoms with van der Waals surface area (Å²) in [4.78, 5) is 4.48. The van der Waals surface area contributed by atoms with Gasteiger partial charge in [0, 0.05) is 27.9 Å². The predicted molar refractivity (Wildman–Crippen MR) is 85.7 cm³/mol. The van der Waals surface area contributed by atoms with Crippen molar-refractivity contribution in [1.82, 2.24) is 10.3 Å². The normalized spacial score (nSPS) is 12.6. The Morgan fingerprint density at radius 1 is 1.45 bits per heavy atom. The number of aryl methyl sites for hydroxylation is 1. The molecule has 0 bridgehead atoms. The standard InChI is InChI=1S/C15H18BrFN2S/c1-3-6-18-15(8-12-9-20-10(2)19-12)13-7-11(16)4-5-14(13)17/h4-5,7,9,15,18H,3,6,8H2,1-2H3. The van der Waals surface area contributed by atoms with Crippen molar-refractivity contribution in [2.24, 2.45) is 0 Å². The van der Waals surface area contributed by atoms with Crippen LogP contribution in [0.5, 0.6) is 0 Å². The summed E-state index contributed by atoms with van der Waals surface area (Å²) in [6.07, 6.45) is 1.72. The minimum Gasteiger partial charge on any atom is -0.310 e. The Labute approximate surface area is 131 Å². The van der Waals surface area contributed by atoms with E-state index in [2.05, 4.69) is 33.2 Å². The van der Waals surface area contributed by atoms with Crippen LogP contribution in [-0.4, -0.2) is 11.5 Å². The van der Waals surface area contributed by atoms with Crippen LogP contribution in [0.25, 0.3) is 0 Å². The van der Waals surface area contributed by atoms with Crippen molar-refractivity contribution in [3.8, 4) is 0 Å². The van der Waals surface area contributed by atoms with E-state index in [0.29, 0.717) is 12.0 Å². The SMILES string of the molecule is CCCNC(Cc1csc(C)n1)c1cc(Br)ccc1F. The van der Waals surface area contributed by atoms with Crippen LogP contribution < -0.4 is 5.32 Å². The van der Waals surface area contributed by atoms with E-state index < -0.39 is 0 Å². The first kappa shape index (κ1) is 15.6. The third-order valence-electron chi connectivity index (χ3n) is 3.05. The fraction of sp³-hybridized carbons (Fsp3) is 0.400. The highest BCUT2D eigenvalue weighted by Crippen LogP contribution is 2.25. The van der Waals surface area contributed by atoms with Gasteiger partial charge in [-0.25, -0.2) is 9.37 Å². The molecule has 0 spiro atoms. The van der Waals surface area contributed by atoms with Gasteiger partial charge in [0.2, 0.25) is 0 Å². The molecule has 2 nitrogen and oxygen atoms in total. The van der Waals surface area contributed by atoms with Crippen LogP contribution in [0.4, 0.5) is 4.39 Å². The second-order valence-corrected chi connectivity index (χ2v) is 6.71.